The Balaban J connectivity index is 1.28. The molecule has 0 bridgehead atoms. The molecule has 0 heterocycles. The number of unbranched alkanes of at least 4 members (excludes halogenated alkanes) is 4. The van der Waals surface area contributed by atoms with Crippen molar-refractivity contribution in [2.45, 2.75) is 116 Å². The van der Waals surface area contributed by atoms with Gasteiger partial charge >= 0.3 is 0 Å². The van der Waals surface area contributed by atoms with Crippen LogP contribution in [0.1, 0.15) is 127 Å². The Morgan fingerprint density at radius 2 is 1.15 bits per heavy atom. The predicted octanol–water partition coefficient (Wildman–Crippen LogP) is 11.0. The summed E-state index contributed by atoms with van der Waals surface area (Å²) in [6, 6.07) is 18.9. The fraction of sp³-hybridized carbons (Fsp3) is 0.588. The van der Waals surface area contributed by atoms with Gasteiger partial charge in [-0.05, 0) is 90.5 Å². The van der Waals surface area contributed by atoms with Crippen LogP contribution in [0.15, 0.2) is 54.6 Å². The topological polar surface area (TPSA) is 0 Å². The lowest BCUT2D eigenvalue weighted by molar-refractivity contribution is 0.303. The molecule has 2 aromatic carbocycles. The van der Waals surface area contributed by atoms with Gasteiger partial charge in [-0.15, -0.1) is 0 Å². The van der Waals surface area contributed by atoms with Crippen molar-refractivity contribution in [3.8, 4) is 11.1 Å². The minimum atomic E-state index is 0.780. The smallest absolute Gasteiger partial charge is 0.0162 e. The van der Waals surface area contributed by atoms with E-state index in [2.05, 4.69) is 68.5 Å². The van der Waals surface area contributed by atoms with Gasteiger partial charge in [0.2, 0.25) is 0 Å². The van der Waals surface area contributed by atoms with E-state index in [0.29, 0.717) is 0 Å². The molecule has 0 spiro atoms. The summed E-state index contributed by atoms with van der Waals surface area (Å²) in [7, 11) is 0. The van der Waals surface area contributed by atoms with E-state index >= 15 is 0 Å². The monoisotopic (exact) mass is 456 g/mol. The van der Waals surface area contributed by atoms with Crippen LogP contribution < -0.4 is 0 Å². The quantitative estimate of drug-likeness (QED) is 0.295. The maximum Gasteiger partial charge on any atom is -0.0162 e. The summed E-state index contributed by atoms with van der Waals surface area (Å²) in [6.45, 7) is 4.62. The number of hydrogen-bond donors (Lipinski definition) is 0. The summed E-state index contributed by atoms with van der Waals surface area (Å²) in [5, 5.41) is 0. The normalized spacial score (nSPS) is 23.0. The Morgan fingerprint density at radius 1 is 0.588 bits per heavy atom. The van der Waals surface area contributed by atoms with Crippen LogP contribution in [0.3, 0.4) is 0 Å². The number of hydrogen-bond acceptors (Lipinski definition) is 0. The molecule has 1 fully saturated rings. The highest BCUT2D eigenvalue weighted by atomic mass is 14.3. The molecular formula is C34H48. The lowest BCUT2D eigenvalue weighted by atomic mass is 9.77. The third-order valence-corrected chi connectivity index (χ3v) is 8.77. The fourth-order valence-electron chi connectivity index (χ4n) is 6.39. The molecule has 0 aromatic heterocycles. The van der Waals surface area contributed by atoms with Gasteiger partial charge in [-0.2, -0.15) is 0 Å². The van der Waals surface area contributed by atoms with Crippen molar-refractivity contribution in [2.24, 2.45) is 11.8 Å². The molecule has 34 heavy (non-hydrogen) atoms. The highest BCUT2D eigenvalue weighted by Crippen LogP contribution is 2.38. The van der Waals surface area contributed by atoms with E-state index in [1.54, 1.807) is 11.1 Å². The Morgan fingerprint density at radius 3 is 1.71 bits per heavy atom. The molecule has 0 aliphatic heterocycles. The molecule has 1 atom stereocenters. The van der Waals surface area contributed by atoms with Gasteiger partial charge in [-0.1, -0.05) is 120 Å². The summed E-state index contributed by atoms with van der Waals surface area (Å²) < 4.78 is 0. The highest BCUT2D eigenvalue weighted by molar-refractivity contribution is 5.71. The number of benzene rings is 2. The van der Waals surface area contributed by atoms with Crippen LogP contribution in [0, 0.1) is 11.8 Å². The standard InChI is InChI=1S/C34H48/c1-3-5-7-9-27-11-15-29(16-12-27)31-19-23-33(24-20-31)34-25-21-32(22-26-34)30-17-13-28(14-18-30)10-8-6-4-2/h15,19-28,30H,3-14,16-18H2,1-2H3. The van der Waals surface area contributed by atoms with E-state index in [9.17, 15) is 0 Å². The van der Waals surface area contributed by atoms with E-state index in [1.807, 2.05) is 0 Å². The first-order valence-corrected chi connectivity index (χ1v) is 14.7. The Labute approximate surface area is 210 Å². The van der Waals surface area contributed by atoms with Crippen molar-refractivity contribution >= 4 is 5.57 Å². The molecular weight excluding hydrogens is 408 g/mol. The van der Waals surface area contributed by atoms with Gasteiger partial charge < -0.3 is 0 Å². The molecule has 4 rings (SSSR count). The number of rotatable bonds is 11. The first-order valence-electron chi connectivity index (χ1n) is 14.7. The highest BCUT2D eigenvalue weighted by Gasteiger charge is 2.22. The van der Waals surface area contributed by atoms with Crippen LogP contribution >= 0.6 is 0 Å². The summed E-state index contributed by atoms with van der Waals surface area (Å²) in [4.78, 5) is 0. The molecule has 1 saturated carbocycles. The molecule has 2 aliphatic carbocycles. The summed E-state index contributed by atoms with van der Waals surface area (Å²) >= 11 is 0. The molecule has 0 N–H and O–H groups in total. The van der Waals surface area contributed by atoms with Crippen LogP contribution in [0.5, 0.6) is 0 Å². The fourth-order valence-corrected chi connectivity index (χ4v) is 6.39. The van der Waals surface area contributed by atoms with Crippen LogP contribution in [0.4, 0.5) is 0 Å². The van der Waals surface area contributed by atoms with Crippen molar-refractivity contribution < 1.29 is 0 Å². The Kier molecular flexibility index (Phi) is 9.90. The van der Waals surface area contributed by atoms with Gasteiger partial charge in [0.1, 0.15) is 0 Å². The third-order valence-electron chi connectivity index (χ3n) is 8.77. The van der Waals surface area contributed by atoms with Crippen LogP contribution in [-0.4, -0.2) is 0 Å². The minimum Gasteiger partial charge on any atom is -0.0804 e. The van der Waals surface area contributed by atoms with Gasteiger partial charge in [-0.3, -0.25) is 0 Å². The van der Waals surface area contributed by atoms with E-state index in [0.717, 1.165) is 17.8 Å². The second-order valence-corrected chi connectivity index (χ2v) is 11.3. The van der Waals surface area contributed by atoms with Crippen LogP contribution in [0.2, 0.25) is 0 Å². The Hall–Kier alpha value is -1.82. The molecule has 0 saturated heterocycles. The van der Waals surface area contributed by atoms with Crippen LogP contribution in [-0.2, 0) is 0 Å². The maximum atomic E-state index is 2.53. The Bertz CT molecular complexity index is 861. The molecule has 0 heteroatoms. The zero-order chi connectivity index (χ0) is 23.6. The minimum absolute atomic E-state index is 0.780. The predicted molar refractivity (Wildman–Crippen MR) is 150 cm³/mol. The summed E-state index contributed by atoms with van der Waals surface area (Å²) in [6.07, 6.45) is 23.3. The second kappa shape index (κ2) is 13.3. The van der Waals surface area contributed by atoms with Crippen molar-refractivity contribution in [3.63, 3.8) is 0 Å². The van der Waals surface area contributed by atoms with Crippen molar-refractivity contribution in [2.75, 3.05) is 0 Å². The second-order valence-electron chi connectivity index (χ2n) is 11.3. The summed E-state index contributed by atoms with van der Waals surface area (Å²) in [5.41, 5.74) is 7.27. The first-order chi connectivity index (χ1) is 16.8. The average molecular weight is 457 g/mol. The molecule has 0 nitrogen and oxygen atoms in total. The maximum absolute atomic E-state index is 2.53. The lowest BCUT2D eigenvalue weighted by Gasteiger charge is -2.29. The largest absolute Gasteiger partial charge is 0.0804 e. The molecule has 184 valence electrons. The van der Waals surface area contributed by atoms with Gasteiger partial charge in [0, 0.05) is 0 Å². The first kappa shape index (κ1) is 25.3. The van der Waals surface area contributed by atoms with Gasteiger partial charge in [0.25, 0.3) is 0 Å². The number of allylic oxidation sites excluding steroid dienone is 2. The van der Waals surface area contributed by atoms with Gasteiger partial charge in [0.15, 0.2) is 0 Å². The van der Waals surface area contributed by atoms with Gasteiger partial charge in [-0.25, -0.2) is 0 Å². The molecule has 1 unspecified atom stereocenters. The summed E-state index contributed by atoms with van der Waals surface area (Å²) in [5.74, 6) is 2.69. The van der Waals surface area contributed by atoms with Crippen molar-refractivity contribution in [3.05, 3.63) is 65.7 Å². The molecule has 0 radical (unpaired) electrons. The zero-order valence-corrected chi connectivity index (χ0v) is 22.0. The van der Waals surface area contributed by atoms with E-state index < -0.39 is 0 Å². The average Bonchev–Trinajstić information content (AvgIpc) is 2.90. The SMILES string of the molecule is CCCCCC1CC=C(c2ccc(-c3ccc(C4CCC(CCCCC)CC4)cc3)cc2)CC1. The molecule has 2 aromatic rings. The van der Waals surface area contributed by atoms with Crippen LogP contribution in [0.25, 0.3) is 16.7 Å². The van der Waals surface area contributed by atoms with Gasteiger partial charge in [0.05, 0.1) is 0 Å². The molecule has 2 aliphatic rings. The van der Waals surface area contributed by atoms with Crippen molar-refractivity contribution in [1.29, 1.82) is 0 Å². The third kappa shape index (κ3) is 7.10. The van der Waals surface area contributed by atoms with E-state index in [4.69, 9.17) is 0 Å². The van der Waals surface area contributed by atoms with E-state index in [-0.39, 0.29) is 0 Å². The van der Waals surface area contributed by atoms with Crippen molar-refractivity contribution in [1.82, 2.24) is 0 Å². The van der Waals surface area contributed by atoms with E-state index in [1.165, 1.54) is 113 Å². The lowest BCUT2D eigenvalue weighted by Crippen LogP contribution is -2.13. The zero-order valence-electron chi connectivity index (χ0n) is 22.0. The molecule has 0 amide bonds.